The van der Waals surface area contributed by atoms with Crippen LogP contribution in [0.2, 0.25) is 0 Å². The van der Waals surface area contributed by atoms with Gasteiger partial charge in [0.05, 0.1) is 37.6 Å². The van der Waals surface area contributed by atoms with Crippen molar-refractivity contribution in [2.24, 2.45) is 0 Å². The van der Waals surface area contributed by atoms with Gasteiger partial charge in [0, 0.05) is 16.8 Å². The highest BCUT2D eigenvalue weighted by Gasteiger charge is 2.30. The highest BCUT2D eigenvalue weighted by Crippen LogP contribution is 2.45. The molecule has 8 nitrogen and oxygen atoms in total. The number of methoxy groups -OCH3 is 2. The summed E-state index contributed by atoms with van der Waals surface area (Å²) in [6.07, 6.45) is 0. The summed E-state index contributed by atoms with van der Waals surface area (Å²) < 4.78 is 17.2. The van der Waals surface area contributed by atoms with Gasteiger partial charge in [-0.1, -0.05) is 30.3 Å². The fourth-order valence-corrected chi connectivity index (χ4v) is 3.97. The summed E-state index contributed by atoms with van der Waals surface area (Å²) in [7, 11) is 2.99. The van der Waals surface area contributed by atoms with Gasteiger partial charge in [0.15, 0.2) is 23.0 Å². The Labute approximate surface area is 207 Å². The van der Waals surface area contributed by atoms with E-state index in [0.717, 1.165) is 0 Å². The Balaban J connectivity index is 1.97. The lowest BCUT2D eigenvalue weighted by Crippen LogP contribution is -2.06. The fourth-order valence-electron chi connectivity index (χ4n) is 3.97. The summed E-state index contributed by atoms with van der Waals surface area (Å²) in [5.41, 5.74) is 1.71. The summed E-state index contributed by atoms with van der Waals surface area (Å²) in [6.45, 7) is 1.95. The van der Waals surface area contributed by atoms with E-state index in [0.29, 0.717) is 33.9 Å². The molecule has 0 fully saturated rings. The quantitative estimate of drug-likeness (QED) is 0.267. The maximum Gasteiger partial charge on any atom is 0.338 e. The second kappa shape index (κ2) is 10.3. The molecule has 3 aromatic carbocycles. The lowest BCUT2D eigenvalue weighted by molar-refractivity contribution is 0.0526. The van der Waals surface area contributed by atoms with Gasteiger partial charge >= 0.3 is 5.97 Å². The number of rotatable bonds is 8. The lowest BCUT2D eigenvalue weighted by Gasteiger charge is -2.15. The van der Waals surface area contributed by atoms with E-state index < -0.39 is 23.4 Å². The number of ketones is 1. The van der Waals surface area contributed by atoms with E-state index in [4.69, 9.17) is 14.2 Å². The molecule has 0 atom stereocenters. The van der Waals surface area contributed by atoms with Gasteiger partial charge in [-0.3, -0.25) is 9.36 Å². The Morgan fingerprint density at radius 3 is 2.11 bits per heavy atom. The van der Waals surface area contributed by atoms with E-state index in [2.05, 4.69) is 0 Å². The second-order valence-electron chi connectivity index (χ2n) is 7.76. The van der Waals surface area contributed by atoms with E-state index in [1.165, 1.54) is 18.8 Å². The molecule has 1 aromatic heterocycles. The third kappa shape index (κ3) is 4.36. The first-order valence-electron chi connectivity index (χ1n) is 11.2. The van der Waals surface area contributed by atoms with Crippen molar-refractivity contribution in [1.29, 1.82) is 0 Å². The molecule has 2 N–H and O–H groups in total. The molecule has 4 aromatic rings. The number of hydrogen-bond donors (Lipinski definition) is 2. The molecule has 0 aliphatic rings. The largest absolute Gasteiger partial charge is 0.503 e. The smallest absolute Gasteiger partial charge is 0.338 e. The van der Waals surface area contributed by atoms with Crippen LogP contribution in [-0.2, 0) is 4.74 Å². The Morgan fingerprint density at radius 1 is 0.833 bits per heavy atom. The second-order valence-corrected chi connectivity index (χ2v) is 7.76. The maximum absolute atomic E-state index is 13.5. The first-order valence-corrected chi connectivity index (χ1v) is 11.2. The summed E-state index contributed by atoms with van der Waals surface area (Å²) in [5, 5.41) is 22.0. The highest BCUT2D eigenvalue weighted by atomic mass is 16.5. The Morgan fingerprint density at radius 2 is 1.50 bits per heavy atom. The molecule has 8 heteroatoms. The zero-order valence-electron chi connectivity index (χ0n) is 20.0. The van der Waals surface area contributed by atoms with Crippen molar-refractivity contribution in [2.45, 2.75) is 6.92 Å². The topological polar surface area (TPSA) is 107 Å². The zero-order valence-corrected chi connectivity index (χ0v) is 20.0. The summed E-state index contributed by atoms with van der Waals surface area (Å²) in [4.78, 5) is 25.6. The summed E-state index contributed by atoms with van der Waals surface area (Å²) in [5.74, 6) is -1.18. The van der Waals surface area contributed by atoms with Crippen LogP contribution < -0.4 is 9.47 Å². The van der Waals surface area contributed by atoms with Gasteiger partial charge < -0.3 is 24.4 Å². The van der Waals surface area contributed by atoms with E-state index in [-0.39, 0.29) is 17.9 Å². The first-order chi connectivity index (χ1) is 17.4. The molecule has 0 saturated heterocycles. The fraction of sp³-hybridized carbons (Fsp3) is 0.143. The van der Waals surface area contributed by atoms with Gasteiger partial charge in [-0.2, -0.15) is 0 Å². The SMILES string of the molecule is CCOC(=O)c1ccc(-n2c(O)c(O)c(C(=O)c3ccccc3)c2-c2ccc(OC)c(OC)c2)cc1. The lowest BCUT2D eigenvalue weighted by atomic mass is 9.99. The van der Waals surface area contributed by atoms with Gasteiger partial charge in [-0.05, 0) is 49.4 Å². The number of esters is 1. The number of nitrogens with zero attached hydrogens (tertiary/aromatic N) is 1. The molecule has 0 radical (unpaired) electrons. The van der Waals surface area contributed by atoms with Crippen LogP contribution in [-0.4, -0.2) is 47.4 Å². The average molecular weight is 488 g/mol. The number of hydrogen-bond acceptors (Lipinski definition) is 7. The number of aromatic nitrogens is 1. The van der Waals surface area contributed by atoms with Crippen molar-refractivity contribution >= 4 is 11.8 Å². The molecular weight excluding hydrogens is 462 g/mol. The molecule has 1 heterocycles. The Hall–Kier alpha value is -4.72. The maximum atomic E-state index is 13.5. The van der Waals surface area contributed by atoms with Gasteiger partial charge in [0.1, 0.15) is 0 Å². The molecule has 0 bridgehead atoms. The number of carbonyl (C=O) groups is 2. The van der Waals surface area contributed by atoms with Crippen molar-refractivity contribution in [1.82, 2.24) is 4.57 Å². The number of aromatic hydroxyl groups is 2. The Kier molecular flexibility index (Phi) is 6.96. The Bertz CT molecular complexity index is 1410. The van der Waals surface area contributed by atoms with Crippen LogP contribution in [0.15, 0.2) is 72.8 Å². The normalized spacial score (nSPS) is 10.6. The summed E-state index contributed by atoms with van der Waals surface area (Å²) in [6, 6.07) is 19.7. The third-order valence-electron chi connectivity index (χ3n) is 5.68. The molecule has 0 saturated carbocycles. The van der Waals surface area contributed by atoms with Crippen LogP contribution in [0.1, 0.15) is 33.2 Å². The predicted octanol–water partition coefficient (Wildman–Crippen LogP) is 4.98. The van der Waals surface area contributed by atoms with Crippen LogP contribution in [0.4, 0.5) is 0 Å². The third-order valence-corrected chi connectivity index (χ3v) is 5.68. The van der Waals surface area contributed by atoms with Crippen LogP contribution >= 0.6 is 0 Å². The van der Waals surface area contributed by atoms with Crippen LogP contribution in [0.5, 0.6) is 23.1 Å². The van der Waals surface area contributed by atoms with Crippen molar-refractivity contribution < 1.29 is 34.0 Å². The van der Waals surface area contributed by atoms with Crippen molar-refractivity contribution in [3.63, 3.8) is 0 Å². The van der Waals surface area contributed by atoms with Crippen LogP contribution in [0.3, 0.4) is 0 Å². The molecule has 0 aliphatic heterocycles. The first kappa shape index (κ1) is 24.4. The highest BCUT2D eigenvalue weighted by molar-refractivity contribution is 6.15. The van der Waals surface area contributed by atoms with Gasteiger partial charge in [0.2, 0.25) is 5.88 Å². The van der Waals surface area contributed by atoms with Crippen molar-refractivity contribution in [2.75, 3.05) is 20.8 Å². The molecule has 184 valence electrons. The monoisotopic (exact) mass is 487 g/mol. The van der Waals surface area contributed by atoms with E-state index in [1.54, 1.807) is 79.7 Å². The zero-order chi connectivity index (χ0) is 25.8. The predicted molar refractivity (Wildman–Crippen MR) is 133 cm³/mol. The van der Waals surface area contributed by atoms with E-state index in [1.807, 2.05) is 0 Å². The van der Waals surface area contributed by atoms with Gasteiger partial charge in [-0.15, -0.1) is 0 Å². The van der Waals surface area contributed by atoms with Crippen LogP contribution in [0, 0.1) is 0 Å². The van der Waals surface area contributed by atoms with E-state index >= 15 is 0 Å². The number of benzene rings is 3. The molecule has 36 heavy (non-hydrogen) atoms. The van der Waals surface area contributed by atoms with Crippen molar-refractivity contribution in [3.05, 3.63) is 89.5 Å². The van der Waals surface area contributed by atoms with Gasteiger partial charge in [-0.25, -0.2) is 4.79 Å². The molecule has 0 amide bonds. The van der Waals surface area contributed by atoms with Crippen molar-refractivity contribution in [3.8, 4) is 40.1 Å². The molecular formula is C28H25NO7. The average Bonchev–Trinajstić information content (AvgIpc) is 3.18. The van der Waals surface area contributed by atoms with Gasteiger partial charge in [0.25, 0.3) is 0 Å². The standard InChI is InChI=1S/C28H25NO7/c1-4-36-28(33)18-10-13-20(14-11-18)29-24(19-12-15-21(34-2)22(16-19)35-3)23(26(31)27(29)32)25(30)17-8-6-5-7-9-17/h5-16,31-32H,4H2,1-3H3. The minimum absolute atomic E-state index is 0.0830. The molecule has 4 rings (SSSR count). The molecule has 0 aliphatic carbocycles. The minimum Gasteiger partial charge on any atom is -0.503 e. The number of ether oxygens (including phenoxy) is 3. The molecule has 0 unspecified atom stereocenters. The number of carbonyl (C=O) groups excluding carboxylic acids is 2. The molecule has 0 spiro atoms. The minimum atomic E-state index is -0.567. The van der Waals surface area contributed by atoms with E-state index in [9.17, 15) is 19.8 Å². The van der Waals surface area contributed by atoms with Crippen LogP contribution in [0.25, 0.3) is 16.9 Å². The summed E-state index contributed by atoms with van der Waals surface area (Å²) >= 11 is 0.